The predicted molar refractivity (Wildman–Crippen MR) is 118 cm³/mol. The van der Waals surface area contributed by atoms with E-state index in [4.69, 9.17) is 15.2 Å². The minimum Gasteiger partial charge on any atom is -0.488 e. The summed E-state index contributed by atoms with van der Waals surface area (Å²) in [5, 5.41) is 0. The van der Waals surface area contributed by atoms with E-state index in [1.165, 1.54) is 24.8 Å². The van der Waals surface area contributed by atoms with Crippen molar-refractivity contribution in [3.8, 4) is 17.0 Å². The Kier molecular flexibility index (Phi) is 5.58. The molecule has 1 aromatic carbocycles. The summed E-state index contributed by atoms with van der Waals surface area (Å²) < 4.78 is 11.7. The number of nitrogens with two attached hydrogens (primary N) is 1. The van der Waals surface area contributed by atoms with Gasteiger partial charge in [-0.25, -0.2) is 9.78 Å². The van der Waals surface area contributed by atoms with Gasteiger partial charge >= 0.3 is 6.09 Å². The summed E-state index contributed by atoms with van der Waals surface area (Å²) in [6, 6.07) is 12.0. The van der Waals surface area contributed by atoms with Gasteiger partial charge in [0, 0.05) is 18.5 Å². The number of pyridine rings is 1. The average molecular weight is 410 g/mol. The van der Waals surface area contributed by atoms with E-state index < -0.39 is 5.60 Å². The van der Waals surface area contributed by atoms with Gasteiger partial charge in [0.2, 0.25) is 0 Å². The number of amides is 1. The number of carbonyl (C=O) groups is 1. The number of ether oxygens (including phenoxy) is 2. The van der Waals surface area contributed by atoms with E-state index in [1.54, 1.807) is 11.0 Å². The van der Waals surface area contributed by atoms with Crippen molar-refractivity contribution in [1.29, 1.82) is 0 Å². The molecule has 1 aromatic heterocycles. The second-order valence-corrected chi connectivity index (χ2v) is 9.28. The molecule has 0 spiro atoms. The van der Waals surface area contributed by atoms with Crippen LogP contribution in [0.25, 0.3) is 11.3 Å². The molecule has 6 heteroatoms. The fourth-order valence-corrected chi connectivity index (χ4v) is 4.02. The lowest BCUT2D eigenvalue weighted by Gasteiger charge is -2.28. The monoisotopic (exact) mass is 409 g/mol. The van der Waals surface area contributed by atoms with Crippen LogP contribution in [0.1, 0.15) is 57.9 Å². The van der Waals surface area contributed by atoms with Crippen LogP contribution >= 0.6 is 0 Å². The molecule has 160 valence electrons. The second-order valence-electron chi connectivity index (χ2n) is 9.28. The van der Waals surface area contributed by atoms with Crippen LogP contribution in [0.2, 0.25) is 0 Å². The summed E-state index contributed by atoms with van der Waals surface area (Å²) in [7, 11) is 0. The zero-order valence-corrected chi connectivity index (χ0v) is 18.1. The van der Waals surface area contributed by atoms with Crippen molar-refractivity contribution in [1.82, 2.24) is 9.88 Å². The first-order chi connectivity index (χ1) is 14.3. The molecule has 4 rings (SSSR count). The molecule has 1 unspecified atom stereocenters. The van der Waals surface area contributed by atoms with Gasteiger partial charge in [0.25, 0.3) is 0 Å². The molecule has 0 bridgehead atoms. The number of anilines is 1. The Morgan fingerprint density at radius 2 is 1.97 bits per heavy atom. The lowest BCUT2D eigenvalue weighted by atomic mass is 9.77. The lowest BCUT2D eigenvalue weighted by Crippen LogP contribution is -2.36. The van der Waals surface area contributed by atoms with Crippen LogP contribution < -0.4 is 10.5 Å². The number of benzene rings is 1. The number of rotatable bonds is 4. The molecule has 2 N–H and O–H groups in total. The first kappa shape index (κ1) is 20.5. The van der Waals surface area contributed by atoms with Gasteiger partial charge in [-0.3, -0.25) is 0 Å². The van der Waals surface area contributed by atoms with Crippen molar-refractivity contribution in [2.24, 2.45) is 0 Å². The van der Waals surface area contributed by atoms with Crippen LogP contribution in [0.4, 0.5) is 10.6 Å². The summed E-state index contributed by atoms with van der Waals surface area (Å²) in [5.74, 6) is 1.89. The fraction of sp³-hybridized carbons (Fsp3) is 0.500. The minimum atomic E-state index is -0.493. The summed E-state index contributed by atoms with van der Waals surface area (Å²) in [6.45, 7) is 6.81. The molecule has 30 heavy (non-hydrogen) atoms. The van der Waals surface area contributed by atoms with Crippen molar-refractivity contribution in [3.05, 3.63) is 42.0 Å². The number of likely N-dealkylation sites (tertiary alicyclic amines) is 1. The SMILES string of the molecule is CC(C)(C)OC(=O)N1CCC(Oc2ccc(C3CCC3)c(-c3cccc(N)n3)c2)C1. The highest BCUT2D eigenvalue weighted by Gasteiger charge is 2.31. The molecular weight excluding hydrogens is 378 g/mol. The third kappa shape index (κ3) is 4.69. The van der Waals surface area contributed by atoms with E-state index >= 15 is 0 Å². The lowest BCUT2D eigenvalue weighted by molar-refractivity contribution is 0.0275. The average Bonchev–Trinajstić information content (AvgIpc) is 3.09. The molecule has 1 aliphatic heterocycles. The van der Waals surface area contributed by atoms with Gasteiger partial charge in [-0.1, -0.05) is 18.6 Å². The van der Waals surface area contributed by atoms with Crippen molar-refractivity contribution < 1.29 is 14.3 Å². The summed E-state index contributed by atoms with van der Waals surface area (Å²) in [4.78, 5) is 18.6. The largest absolute Gasteiger partial charge is 0.488 e. The highest BCUT2D eigenvalue weighted by Crippen LogP contribution is 2.42. The Balaban J connectivity index is 1.50. The van der Waals surface area contributed by atoms with Gasteiger partial charge in [0.15, 0.2) is 0 Å². The van der Waals surface area contributed by atoms with Gasteiger partial charge in [-0.05, 0) is 69.4 Å². The van der Waals surface area contributed by atoms with Crippen molar-refractivity contribution >= 4 is 11.9 Å². The zero-order chi connectivity index (χ0) is 21.3. The molecule has 1 saturated carbocycles. The molecule has 1 aliphatic carbocycles. The van der Waals surface area contributed by atoms with E-state index in [-0.39, 0.29) is 12.2 Å². The van der Waals surface area contributed by atoms with Gasteiger partial charge in [-0.2, -0.15) is 0 Å². The molecule has 2 fully saturated rings. The third-order valence-electron chi connectivity index (χ3n) is 5.72. The molecule has 2 aliphatic rings. The van der Waals surface area contributed by atoms with Crippen LogP contribution in [0.15, 0.2) is 36.4 Å². The quantitative estimate of drug-likeness (QED) is 0.770. The van der Waals surface area contributed by atoms with Gasteiger partial charge in [-0.15, -0.1) is 0 Å². The molecule has 1 amide bonds. The summed E-state index contributed by atoms with van der Waals surface area (Å²) in [6.07, 6.45) is 4.16. The first-order valence-corrected chi connectivity index (χ1v) is 10.8. The van der Waals surface area contributed by atoms with E-state index in [9.17, 15) is 4.79 Å². The number of carbonyl (C=O) groups excluding carboxylic acids is 1. The maximum atomic E-state index is 12.3. The Bertz CT molecular complexity index is 918. The molecule has 2 aromatic rings. The van der Waals surface area contributed by atoms with Crippen molar-refractivity contribution in [2.75, 3.05) is 18.8 Å². The zero-order valence-electron chi connectivity index (χ0n) is 18.1. The van der Waals surface area contributed by atoms with Crippen molar-refractivity contribution in [2.45, 2.75) is 64.1 Å². The van der Waals surface area contributed by atoms with Crippen LogP contribution in [-0.2, 0) is 4.74 Å². The molecular formula is C24H31N3O3. The Morgan fingerprint density at radius 1 is 1.17 bits per heavy atom. The molecule has 1 saturated heterocycles. The Hall–Kier alpha value is -2.76. The maximum absolute atomic E-state index is 12.3. The fourth-order valence-electron chi connectivity index (χ4n) is 4.02. The Morgan fingerprint density at radius 3 is 2.63 bits per heavy atom. The molecule has 2 heterocycles. The van der Waals surface area contributed by atoms with E-state index in [1.807, 2.05) is 39.0 Å². The second kappa shape index (κ2) is 8.17. The van der Waals surface area contributed by atoms with E-state index in [0.717, 1.165) is 23.4 Å². The highest BCUT2D eigenvalue weighted by molar-refractivity contribution is 5.69. The Labute approximate surface area is 178 Å². The first-order valence-electron chi connectivity index (χ1n) is 10.8. The predicted octanol–water partition coefficient (Wildman–Crippen LogP) is 4.99. The van der Waals surface area contributed by atoms with E-state index in [0.29, 0.717) is 24.8 Å². The number of nitrogen functional groups attached to an aromatic ring is 1. The molecule has 0 radical (unpaired) electrons. The number of nitrogens with zero attached hydrogens (tertiary/aromatic N) is 2. The normalized spacial score (nSPS) is 19.4. The summed E-state index contributed by atoms with van der Waals surface area (Å²) >= 11 is 0. The topological polar surface area (TPSA) is 77.7 Å². The maximum Gasteiger partial charge on any atom is 0.410 e. The van der Waals surface area contributed by atoms with Crippen LogP contribution in [0.5, 0.6) is 5.75 Å². The van der Waals surface area contributed by atoms with Crippen molar-refractivity contribution in [3.63, 3.8) is 0 Å². The standard InChI is InChI=1S/C24H31N3O3/c1-24(2,3)30-23(28)27-13-12-18(15-27)29-17-10-11-19(16-6-4-7-16)20(14-17)21-8-5-9-22(25)26-21/h5,8-11,14,16,18H,4,6-7,12-13,15H2,1-3H3,(H2,25,26). The van der Waals surface area contributed by atoms with E-state index in [2.05, 4.69) is 17.1 Å². The number of aromatic nitrogens is 1. The van der Waals surface area contributed by atoms with Crippen LogP contribution in [-0.4, -0.2) is 40.8 Å². The van der Waals surface area contributed by atoms with Crippen LogP contribution in [0, 0.1) is 0 Å². The van der Waals surface area contributed by atoms with Crippen LogP contribution in [0.3, 0.4) is 0 Å². The summed E-state index contributed by atoms with van der Waals surface area (Å²) in [5.41, 5.74) is 8.72. The number of hydrogen-bond donors (Lipinski definition) is 1. The molecule has 6 nitrogen and oxygen atoms in total. The van der Waals surface area contributed by atoms with Gasteiger partial charge < -0.3 is 20.1 Å². The smallest absolute Gasteiger partial charge is 0.410 e. The van der Waals surface area contributed by atoms with Gasteiger partial charge in [0.05, 0.1) is 12.2 Å². The third-order valence-corrected chi connectivity index (χ3v) is 5.72. The van der Waals surface area contributed by atoms with Gasteiger partial charge in [0.1, 0.15) is 23.3 Å². The molecule has 1 atom stereocenters. The highest BCUT2D eigenvalue weighted by atomic mass is 16.6. The number of hydrogen-bond acceptors (Lipinski definition) is 5. The minimum absolute atomic E-state index is 0.0475.